The van der Waals surface area contributed by atoms with Crippen LogP contribution in [-0.4, -0.2) is 48.8 Å². The molecule has 0 radical (unpaired) electrons. The minimum atomic E-state index is -0.382. The number of likely N-dealkylation sites (tertiary alicyclic amines) is 1. The van der Waals surface area contributed by atoms with E-state index in [2.05, 4.69) is 10.6 Å². The van der Waals surface area contributed by atoms with Crippen molar-refractivity contribution in [3.8, 4) is 0 Å². The van der Waals surface area contributed by atoms with Crippen molar-refractivity contribution in [1.29, 1.82) is 0 Å². The molecule has 7 nitrogen and oxygen atoms in total. The van der Waals surface area contributed by atoms with E-state index in [0.717, 1.165) is 24.9 Å². The predicted octanol–water partition coefficient (Wildman–Crippen LogP) is 1.52. The Hall–Kier alpha value is -2.41. The fraction of sp³-hybridized carbons (Fsp3) is 0.550. The zero-order valence-corrected chi connectivity index (χ0v) is 16.4. The number of nitrogens with two attached hydrogens (primary N) is 1. The lowest BCUT2D eigenvalue weighted by Crippen LogP contribution is -2.44. The van der Waals surface area contributed by atoms with Gasteiger partial charge in [-0.1, -0.05) is 19.9 Å². The van der Waals surface area contributed by atoms with Gasteiger partial charge in [-0.3, -0.25) is 19.3 Å². The monoisotopic (exact) mass is 374 g/mol. The molecule has 7 heteroatoms. The second kappa shape index (κ2) is 9.50. The first-order chi connectivity index (χ1) is 12.8. The fourth-order valence-electron chi connectivity index (χ4n) is 3.17. The van der Waals surface area contributed by atoms with Gasteiger partial charge in [0.1, 0.15) is 0 Å². The van der Waals surface area contributed by atoms with Crippen LogP contribution in [0.2, 0.25) is 0 Å². The van der Waals surface area contributed by atoms with Gasteiger partial charge in [-0.2, -0.15) is 0 Å². The molecule has 1 atom stereocenters. The van der Waals surface area contributed by atoms with Gasteiger partial charge < -0.3 is 16.4 Å². The summed E-state index contributed by atoms with van der Waals surface area (Å²) in [5.41, 5.74) is 7.32. The number of piperidine rings is 1. The van der Waals surface area contributed by atoms with Crippen LogP contribution in [0.1, 0.15) is 42.6 Å². The van der Waals surface area contributed by atoms with Crippen LogP contribution in [0, 0.1) is 18.8 Å². The molecule has 1 fully saturated rings. The van der Waals surface area contributed by atoms with Crippen LogP contribution in [0.4, 0.5) is 5.69 Å². The Balaban J connectivity index is 2.03. The molecule has 0 aromatic heterocycles. The highest BCUT2D eigenvalue weighted by Gasteiger charge is 2.26. The highest BCUT2D eigenvalue weighted by molar-refractivity contribution is 5.98. The van der Waals surface area contributed by atoms with Gasteiger partial charge in [0.2, 0.25) is 11.8 Å². The summed E-state index contributed by atoms with van der Waals surface area (Å²) in [4.78, 5) is 38.0. The summed E-state index contributed by atoms with van der Waals surface area (Å²) in [6, 6.07) is 5.31. The second-order valence-electron chi connectivity index (χ2n) is 7.66. The third kappa shape index (κ3) is 6.36. The standard InChI is InChI=1S/C20H30N4O3/c1-13(2)10-22-19(26)15-7-6-14(3)17(9-15)23-20(27)16-5-4-8-24(11-16)12-18(21)25/h6-7,9,13,16H,4-5,8,10-12H2,1-3H3,(H2,21,25)(H,22,26)(H,23,27). The molecule has 1 aromatic rings. The average molecular weight is 374 g/mol. The number of nitrogens with one attached hydrogen (secondary N) is 2. The molecule has 3 amide bonds. The number of carbonyl (C=O) groups is 3. The van der Waals surface area contributed by atoms with E-state index >= 15 is 0 Å². The van der Waals surface area contributed by atoms with Crippen LogP contribution in [0.5, 0.6) is 0 Å². The fourth-order valence-corrected chi connectivity index (χ4v) is 3.17. The van der Waals surface area contributed by atoms with Crippen molar-refractivity contribution in [3.63, 3.8) is 0 Å². The van der Waals surface area contributed by atoms with Crippen LogP contribution < -0.4 is 16.4 Å². The predicted molar refractivity (Wildman–Crippen MR) is 105 cm³/mol. The molecule has 148 valence electrons. The lowest BCUT2D eigenvalue weighted by molar-refractivity contribution is -0.124. The summed E-state index contributed by atoms with van der Waals surface area (Å²) in [6.07, 6.45) is 1.62. The van der Waals surface area contributed by atoms with Gasteiger partial charge >= 0.3 is 0 Å². The molecule has 1 aliphatic rings. The number of amides is 3. The Bertz CT molecular complexity index is 702. The third-order valence-electron chi connectivity index (χ3n) is 4.68. The van der Waals surface area contributed by atoms with E-state index in [1.165, 1.54) is 0 Å². The molecule has 2 rings (SSSR count). The van der Waals surface area contributed by atoms with Gasteiger partial charge in [0.15, 0.2) is 0 Å². The van der Waals surface area contributed by atoms with Crippen LogP contribution in [0.3, 0.4) is 0 Å². The summed E-state index contributed by atoms with van der Waals surface area (Å²) in [5, 5.41) is 5.84. The highest BCUT2D eigenvalue weighted by Crippen LogP contribution is 2.21. The summed E-state index contributed by atoms with van der Waals surface area (Å²) in [7, 11) is 0. The van der Waals surface area contributed by atoms with E-state index < -0.39 is 0 Å². The van der Waals surface area contributed by atoms with Crippen molar-refractivity contribution in [2.24, 2.45) is 17.6 Å². The first-order valence-electron chi connectivity index (χ1n) is 9.46. The van der Waals surface area contributed by atoms with Crippen LogP contribution in [0.15, 0.2) is 18.2 Å². The van der Waals surface area contributed by atoms with E-state index in [-0.39, 0.29) is 30.2 Å². The van der Waals surface area contributed by atoms with Crippen LogP contribution in [0.25, 0.3) is 0 Å². The number of benzene rings is 1. The topological polar surface area (TPSA) is 105 Å². The zero-order valence-electron chi connectivity index (χ0n) is 16.4. The Labute approximate surface area is 160 Å². The molecule has 1 saturated heterocycles. The Kier molecular flexibility index (Phi) is 7.36. The third-order valence-corrected chi connectivity index (χ3v) is 4.68. The number of hydrogen-bond donors (Lipinski definition) is 3. The molecular weight excluding hydrogens is 344 g/mol. The molecule has 1 unspecified atom stereocenters. The maximum atomic E-state index is 12.7. The van der Waals surface area contributed by atoms with E-state index in [9.17, 15) is 14.4 Å². The van der Waals surface area contributed by atoms with Gasteiger partial charge in [-0.05, 0) is 49.9 Å². The minimum absolute atomic E-state index is 0.0907. The van der Waals surface area contributed by atoms with Crippen molar-refractivity contribution < 1.29 is 14.4 Å². The van der Waals surface area contributed by atoms with Gasteiger partial charge in [-0.15, -0.1) is 0 Å². The van der Waals surface area contributed by atoms with E-state index in [4.69, 9.17) is 5.73 Å². The number of hydrogen-bond acceptors (Lipinski definition) is 4. The molecule has 0 aliphatic carbocycles. The summed E-state index contributed by atoms with van der Waals surface area (Å²) >= 11 is 0. The first kappa shape index (κ1) is 20.9. The van der Waals surface area contributed by atoms with Crippen molar-refractivity contribution in [1.82, 2.24) is 10.2 Å². The molecular formula is C20H30N4O3. The molecule has 4 N–H and O–H groups in total. The smallest absolute Gasteiger partial charge is 0.251 e. The highest BCUT2D eigenvalue weighted by atomic mass is 16.2. The van der Waals surface area contributed by atoms with Crippen molar-refractivity contribution in [2.75, 3.05) is 31.5 Å². The zero-order chi connectivity index (χ0) is 20.0. The number of anilines is 1. The van der Waals surface area contributed by atoms with Crippen LogP contribution in [-0.2, 0) is 9.59 Å². The molecule has 0 spiro atoms. The minimum Gasteiger partial charge on any atom is -0.369 e. The Morgan fingerprint density at radius 2 is 2.04 bits per heavy atom. The van der Waals surface area contributed by atoms with Crippen molar-refractivity contribution in [2.45, 2.75) is 33.6 Å². The molecule has 0 bridgehead atoms. The number of carbonyl (C=O) groups excluding carboxylic acids is 3. The van der Waals surface area contributed by atoms with Gasteiger partial charge in [0.05, 0.1) is 12.5 Å². The summed E-state index contributed by atoms with van der Waals surface area (Å²) < 4.78 is 0. The normalized spacial score (nSPS) is 17.6. The maximum Gasteiger partial charge on any atom is 0.251 e. The Morgan fingerprint density at radius 1 is 1.30 bits per heavy atom. The van der Waals surface area contributed by atoms with Crippen molar-refractivity contribution in [3.05, 3.63) is 29.3 Å². The average Bonchev–Trinajstić information content (AvgIpc) is 2.61. The van der Waals surface area contributed by atoms with E-state index in [0.29, 0.717) is 30.3 Å². The van der Waals surface area contributed by atoms with Crippen molar-refractivity contribution >= 4 is 23.4 Å². The number of nitrogens with zero attached hydrogens (tertiary/aromatic N) is 1. The largest absolute Gasteiger partial charge is 0.369 e. The SMILES string of the molecule is Cc1ccc(C(=O)NCC(C)C)cc1NC(=O)C1CCCN(CC(N)=O)C1. The van der Waals surface area contributed by atoms with Gasteiger partial charge in [0.25, 0.3) is 5.91 Å². The Morgan fingerprint density at radius 3 is 2.70 bits per heavy atom. The molecule has 1 heterocycles. The molecule has 27 heavy (non-hydrogen) atoms. The van der Waals surface area contributed by atoms with Gasteiger partial charge in [-0.25, -0.2) is 0 Å². The lowest BCUT2D eigenvalue weighted by atomic mass is 9.96. The number of aryl methyl sites for hydroxylation is 1. The second-order valence-corrected chi connectivity index (χ2v) is 7.66. The molecule has 0 saturated carbocycles. The van der Waals surface area contributed by atoms with Gasteiger partial charge in [0, 0.05) is 24.3 Å². The first-order valence-corrected chi connectivity index (χ1v) is 9.46. The number of primary amides is 1. The molecule has 1 aromatic carbocycles. The lowest BCUT2D eigenvalue weighted by Gasteiger charge is -2.31. The van der Waals surface area contributed by atoms with Crippen LogP contribution >= 0.6 is 0 Å². The van der Waals surface area contributed by atoms with E-state index in [1.54, 1.807) is 12.1 Å². The summed E-state index contributed by atoms with van der Waals surface area (Å²) in [5.74, 6) is -0.451. The quantitative estimate of drug-likeness (QED) is 0.673. The van der Waals surface area contributed by atoms with E-state index in [1.807, 2.05) is 31.7 Å². The summed E-state index contributed by atoms with van der Waals surface area (Å²) in [6.45, 7) is 8.03. The maximum absolute atomic E-state index is 12.7. The number of rotatable bonds is 7. The molecule has 1 aliphatic heterocycles.